The first-order valence-electron chi connectivity index (χ1n) is 10.8. The molecule has 0 spiro atoms. The van der Waals surface area contributed by atoms with Gasteiger partial charge in [0, 0.05) is 0 Å². The van der Waals surface area contributed by atoms with Crippen LogP contribution in [0.5, 0.6) is 0 Å². The number of aliphatic hydroxyl groups excluding tert-OH is 1. The average Bonchev–Trinajstić information content (AvgIpc) is 2.88. The van der Waals surface area contributed by atoms with Gasteiger partial charge in [0.25, 0.3) is 0 Å². The molecule has 0 aromatic heterocycles. The van der Waals surface area contributed by atoms with Crippen molar-refractivity contribution in [3.05, 3.63) is 108 Å². The highest BCUT2D eigenvalue weighted by molar-refractivity contribution is 5.60. The summed E-state index contributed by atoms with van der Waals surface area (Å²) in [5, 5.41) is 10.4. The first-order valence-corrected chi connectivity index (χ1v) is 10.8. The van der Waals surface area contributed by atoms with Crippen molar-refractivity contribution in [2.45, 2.75) is 44.2 Å². The summed E-state index contributed by atoms with van der Waals surface area (Å²) in [7, 11) is 0. The molecule has 0 fully saturated rings. The molecule has 172 valence electrons. The van der Waals surface area contributed by atoms with Gasteiger partial charge in [-0.25, -0.2) is 0 Å². The Kier molecular flexibility index (Phi) is 9.94. The van der Waals surface area contributed by atoms with Crippen molar-refractivity contribution in [3.63, 3.8) is 0 Å². The molecule has 0 unspecified atom stereocenters. The number of rotatable bonds is 14. The Labute approximate surface area is 193 Å². The van der Waals surface area contributed by atoms with E-state index < -0.39 is 24.4 Å². The molecule has 3 aromatic rings. The van der Waals surface area contributed by atoms with Crippen molar-refractivity contribution in [3.8, 4) is 0 Å². The molecule has 6 heteroatoms. The monoisotopic (exact) mass is 448 g/mol. The van der Waals surface area contributed by atoms with Crippen molar-refractivity contribution in [2.24, 2.45) is 0 Å². The lowest BCUT2D eigenvalue weighted by Crippen LogP contribution is -2.49. The van der Waals surface area contributed by atoms with Gasteiger partial charge in [-0.1, -0.05) is 91.0 Å². The molecule has 3 rings (SSSR count). The molecule has 1 N–H and O–H groups in total. The van der Waals surface area contributed by atoms with E-state index in [2.05, 4.69) is 0 Å². The second-order valence-electron chi connectivity index (χ2n) is 7.55. The molecule has 0 amide bonds. The minimum Gasteiger partial charge on any atom is -0.383 e. The summed E-state index contributed by atoms with van der Waals surface area (Å²) < 4.78 is 17.8. The fraction of sp³-hybridized carbons (Fsp3) is 0.259. The molecule has 0 aliphatic carbocycles. The number of ether oxygens (including phenoxy) is 3. The van der Waals surface area contributed by atoms with Gasteiger partial charge in [0.05, 0.1) is 19.8 Å². The molecular formula is C27H28O6. The average molecular weight is 449 g/mol. The Morgan fingerprint density at radius 1 is 0.576 bits per heavy atom. The van der Waals surface area contributed by atoms with E-state index in [9.17, 15) is 14.7 Å². The van der Waals surface area contributed by atoms with Gasteiger partial charge in [-0.3, -0.25) is 0 Å². The van der Waals surface area contributed by atoms with E-state index >= 15 is 0 Å². The third kappa shape index (κ3) is 7.73. The molecule has 4 atom stereocenters. The standard InChI is InChI=1S/C27H28O6/c28-16-24(30)26(32-19-22-12-6-2-7-13-22)27(33-20-23-14-8-3-9-15-23)25(17-29)31-18-21-10-4-1-5-11-21/h1-17,24-27,30H,18-20H2/t24-,25-,26+,27+/m0/s1. The van der Waals surface area contributed by atoms with Crippen molar-refractivity contribution in [1.82, 2.24) is 0 Å². The molecule has 0 saturated carbocycles. The molecule has 0 bridgehead atoms. The molecule has 0 heterocycles. The minimum absolute atomic E-state index is 0.131. The number of aldehydes is 2. The van der Waals surface area contributed by atoms with E-state index in [0.717, 1.165) is 16.7 Å². The highest BCUT2D eigenvalue weighted by Gasteiger charge is 2.37. The first kappa shape index (κ1) is 24.5. The summed E-state index contributed by atoms with van der Waals surface area (Å²) >= 11 is 0. The molecule has 0 saturated heterocycles. The van der Waals surface area contributed by atoms with E-state index in [4.69, 9.17) is 14.2 Å². The predicted octanol–water partition coefficient (Wildman–Crippen LogP) is 3.50. The maximum atomic E-state index is 12.0. The quantitative estimate of drug-likeness (QED) is 0.380. The summed E-state index contributed by atoms with van der Waals surface area (Å²) in [6, 6.07) is 28.2. The lowest BCUT2D eigenvalue weighted by atomic mass is 10.0. The number of hydrogen-bond acceptors (Lipinski definition) is 6. The normalized spacial score (nSPS) is 14.7. The van der Waals surface area contributed by atoms with E-state index in [0.29, 0.717) is 12.6 Å². The van der Waals surface area contributed by atoms with Gasteiger partial charge in [-0.15, -0.1) is 0 Å². The topological polar surface area (TPSA) is 82.1 Å². The van der Waals surface area contributed by atoms with Gasteiger partial charge >= 0.3 is 0 Å². The third-order valence-electron chi connectivity index (χ3n) is 5.11. The number of benzene rings is 3. The second kappa shape index (κ2) is 13.4. The predicted molar refractivity (Wildman–Crippen MR) is 123 cm³/mol. The van der Waals surface area contributed by atoms with Crippen LogP contribution in [0.25, 0.3) is 0 Å². The summed E-state index contributed by atoms with van der Waals surface area (Å²) in [5.74, 6) is 0. The number of hydrogen-bond donors (Lipinski definition) is 1. The minimum atomic E-state index is -1.50. The fourth-order valence-corrected chi connectivity index (χ4v) is 3.35. The Morgan fingerprint density at radius 2 is 0.970 bits per heavy atom. The lowest BCUT2D eigenvalue weighted by Gasteiger charge is -2.32. The van der Waals surface area contributed by atoms with Crippen LogP contribution in [0, 0.1) is 0 Å². The second-order valence-corrected chi connectivity index (χ2v) is 7.55. The molecule has 0 aliphatic rings. The molecule has 0 radical (unpaired) electrons. The van der Waals surface area contributed by atoms with Crippen LogP contribution < -0.4 is 0 Å². The number of carbonyl (C=O) groups excluding carboxylic acids is 2. The highest BCUT2D eigenvalue weighted by atomic mass is 16.6. The van der Waals surface area contributed by atoms with Gasteiger partial charge in [-0.05, 0) is 16.7 Å². The Hall–Kier alpha value is -3.16. The zero-order valence-electron chi connectivity index (χ0n) is 18.2. The van der Waals surface area contributed by atoms with Crippen LogP contribution in [-0.2, 0) is 43.6 Å². The first-order chi connectivity index (χ1) is 16.2. The SMILES string of the molecule is O=C[C@H](OCc1ccccc1)[C@@H](OCc1ccccc1)[C@H](OCc1ccccc1)[C@@H](O)C=O. The van der Waals surface area contributed by atoms with Crippen LogP contribution in [0.4, 0.5) is 0 Å². The molecular weight excluding hydrogens is 420 g/mol. The van der Waals surface area contributed by atoms with Crippen LogP contribution >= 0.6 is 0 Å². The zero-order valence-corrected chi connectivity index (χ0v) is 18.2. The number of aliphatic hydroxyl groups is 1. The molecule has 0 aliphatic heterocycles. The zero-order chi connectivity index (χ0) is 23.3. The summed E-state index contributed by atoms with van der Waals surface area (Å²) in [6.45, 7) is 0.450. The Balaban J connectivity index is 1.80. The van der Waals surface area contributed by atoms with Crippen LogP contribution in [0.3, 0.4) is 0 Å². The van der Waals surface area contributed by atoms with Crippen LogP contribution in [-0.4, -0.2) is 42.1 Å². The molecule has 3 aromatic carbocycles. The smallest absolute Gasteiger partial charge is 0.151 e. The van der Waals surface area contributed by atoms with Gasteiger partial charge < -0.3 is 28.9 Å². The van der Waals surface area contributed by atoms with Gasteiger partial charge in [0.15, 0.2) is 12.6 Å². The van der Waals surface area contributed by atoms with E-state index in [1.54, 1.807) is 0 Å². The van der Waals surface area contributed by atoms with Crippen molar-refractivity contribution >= 4 is 12.6 Å². The number of carbonyl (C=O) groups is 2. The fourth-order valence-electron chi connectivity index (χ4n) is 3.35. The summed E-state index contributed by atoms with van der Waals surface area (Å²) in [6.07, 6.45) is -3.70. The summed E-state index contributed by atoms with van der Waals surface area (Å²) in [5.41, 5.74) is 2.61. The third-order valence-corrected chi connectivity index (χ3v) is 5.11. The van der Waals surface area contributed by atoms with E-state index in [1.165, 1.54) is 0 Å². The molecule has 6 nitrogen and oxygen atoms in total. The van der Waals surface area contributed by atoms with E-state index in [-0.39, 0.29) is 19.8 Å². The van der Waals surface area contributed by atoms with Crippen LogP contribution in [0.2, 0.25) is 0 Å². The van der Waals surface area contributed by atoms with Gasteiger partial charge in [0.2, 0.25) is 0 Å². The van der Waals surface area contributed by atoms with Crippen molar-refractivity contribution < 1.29 is 28.9 Å². The lowest BCUT2D eigenvalue weighted by molar-refractivity contribution is -0.178. The highest BCUT2D eigenvalue weighted by Crippen LogP contribution is 2.19. The van der Waals surface area contributed by atoms with Gasteiger partial charge in [-0.2, -0.15) is 0 Å². The Bertz CT molecular complexity index is 948. The van der Waals surface area contributed by atoms with Gasteiger partial charge in [0.1, 0.15) is 24.4 Å². The largest absolute Gasteiger partial charge is 0.383 e. The maximum absolute atomic E-state index is 12.0. The Morgan fingerprint density at radius 3 is 1.36 bits per heavy atom. The maximum Gasteiger partial charge on any atom is 0.151 e. The molecule has 33 heavy (non-hydrogen) atoms. The summed E-state index contributed by atoms with van der Waals surface area (Å²) in [4.78, 5) is 23.6. The van der Waals surface area contributed by atoms with Crippen molar-refractivity contribution in [2.75, 3.05) is 0 Å². The van der Waals surface area contributed by atoms with Crippen LogP contribution in [0.15, 0.2) is 91.0 Å². The van der Waals surface area contributed by atoms with Crippen molar-refractivity contribution in [1.29, 1.82) is 0 Å². The van der Waals surface area contributed by atoms with Crippen LogP contribution in [0.1, 0.15) is 16.7 Å². The van der Waals surface area contributed by atoms with E-state index in [1.807, 2.05) is 91.0 Å².